The molecule has 0 amide bonds. The van der Waals surface area contributed by atoms with Crippen LogP contribution >= 0.6 is 0 Å². The second-order valence-corrected chi connectivity index (χ2v) is 3.65. The first-order valence-corrected chi connectivity index (χ1v) is 4.70. The van der Waals surface area contributed by atoms with Gasteiger partial charge in [0.05, 0.1) is 12.7 Å². The highest BCUT2D eigenvalue weighted by Crippen LogP contribution is 2.33. The SMILES string of the molecule is COCC(O)C1(CN)CCOCC1. The third-order valence-corrected chi connectivity index (χ3v) is 2.93. The molecule has 13 heavy (non-hydrogen) atoms. The van der Waals surface area contributed by atoms with E-state index >= 15 is 0 Å². The van der Waals surface area contributed by atoms with Crippen molar-refractivity contribution < 1.29 is 14.6 Å². The molecule has 1 heterocycles. The van der Waals surface area contributed by atoms with E-state index in [2.05, 4.69) is 0 Å². The molecule has 4 heteroatoms. The minimum Gasteiger partial charge on any atom is -0.390 e. The fourth-order valence-electron chi connectivity index (χ4n) is 1.79. The molecule has 0 aromatic rings. The van der Waals surface area contributed by atoms with Gasteiger partial charge in [-0.15, -0.1) is 0 Å². The predicted octanol–water partition coefficient (Wildman–Crippen LogP) is -0.251. The molecule has 1 saturated heterocycles. The Labute approximate surface area is 79.0 Å². The summed E-state index contributed by atoms with van der Waals surface area (Å²) in [6.07, 6.45) is 1.19. The van der Waals surface area contributed by atoms with Gasteiger partial charge in [0, 0.05) is 32.3 Å². The van der Waals surface area contributed by atoms with Gasteiger partial charge in [-0.25, -0.2) is 0 Å². The maximum atomic E-state index is 9.86. The van der Waals surface area contributed by atoms with Crippen LogP contribution < -0.4 is 5.73 Å². The number of hydrogen-bond acceptors (Lipinski definition) is 4. The van der Waals surface area contributed by atoms with Crippen LogP contribution in [-0.4, -0.2) is 44.7 Å². The highest BCUT2D eigenvalue weighted by molar-refractivity contribution is 4.89. The molecule has 1 fully saturated rings. The second kappa shape index (κ2) is 4.91. The maximum Gasteiger partial charge on any atom is 0.0843 e. The van der Waals surface area contributed by atoms with Crippen molar-refractivity contribution in [1.29, 1.82) is 0 Å². The molecule has 1 unspecified atom stereocenters. The predicted molar refractivity (Wildman–Crippen MR) is 49.4 cm³/mol. The Hall–Kier alpha value is -0.160. The Bertz CT molecular complexity index is 146. The number of hydrogen-bond donors (Lipinski definition) is 2. The number of methoxy groups -OCH3 is 1. The summed E-state index contributed by atoms with van der Waals surface area (Å²) < 4.78 is 10.2. The van der Waals surface area contributed by atoms with Gasteiger partial charge in [-0.05, 0) is 12.8 Å². The molecule has 0 radical (unpaired) electrons. The maximum absolute atomic E-state index is 9.86. The summed E-state index contributed by atoms with van der Waals surface area (Å²) >= 11 is 0. The average Bonchev–Trinajstić information content (AvgIpc) is 2.19. The molecule has 0 aromatic heterocycles. The van der Waals surface area contributed by atoms with Gasteiger partial charge in [-0.3, -0.25) is 0 Å². The molecular formula is C9H19NO3. The van der Waals surface area contributed by atoms with E-state index in [1.807, 2.05) is 0 Å². The number of nitrogens with two attached hydrogens (primary N) is 1. The summed E-state index contributed by atoms with van der Waals surface area (Å²) in [5, 5.41) is 9.86. The van der Waals surface area contributed by atoms with Gasteiger partial charge in [0.1, 0.15) is 0 Å². The van der Waals surface area contributed by atoms with Crippen LogP contribution in [0.2, 0.25) is 0 Å². The Morgan fingerprint density at radius 2 is 2.15 bits per heavy atom. The van der Waals surface area contributed by atoms with Crippen LogP contribution in [0.25, 0.3) is 0 Å². The van der Waals surface area contributed by atoms with Gasteiger partial charge in [-0.1, -0.05) is 0 Å². The van der Waals surface area contributed by atoms with E-state index in [4.69, 9.17) is 15.2 Å². The quantitative estimate of drug-likeness (QED) is 0.640. The number of ether oxygens (including phenoxy) is 2. The van der Waals surface area contributed by atoms with Gasteiger partial charge >= 0.3 is 0 Å². The molecule has 3 N–H and O–H groups in total. The van der Waals surface area contributed by atoms with Crippen molar-refractivity contribution in [3.05, 3.63) is 0 Å². The average molecular weight is 189 g/mol. The normalized spacial score (nSPS) is 24.2. The highest BCUT2D eigenvalue weighted by atomic mass is 16.5. The summed E-state index contributed by atoms with van der Waals surface area (Å²) in [6, 6.07) is 0. The first kappa shape index (κ1) is 10.9. The van der Waals surface area contributed by atoms with Crippen molar-refractivity contribution in [2.45, 2.75) is 18.9 Å². The van der Waals surface area contributed by atoms with Crippen LogP contribution in [0.3, 0.4) is 0 Å². The molecule has 1 aliphatic heterocycles. The van der Waals surface area contributed by atoms with Crippen LogP contribution in [-0.2, 0) is 9.47 Å². The van der Waals surface area contributed by atoms with Crippen molar-refractivity contribution in [3.63, 3.8) is 0 Å². The fourth-order valence-corrected chi connectivity index (χ4v) is 1.79. The molecular weight excluding hydrogens is 170 g/mol. The molecule has 1 rings (SSSR count). The molecule has 0 spiro atoms. The van der Waals surface area contributed by atoms with Crippen LogP contribution in [0.4, 0.5) is 0 Å². The van der Waals surface area contributed by atoms with Gasteiger partial charge < -0.3 is 20.3 Å². The standard InChI is InChI=1S/C9H19NO3/c1-12-6-8(11)9(7-10)2-4-13-5-3-9/h8,11H,2-7,10H2,1H3. The third kappa shape index (κ3) is 2.40. The number of rotatable bonds is 4. The molecule has 0 bridgehead atoms. The summed E-state index contributed by atoms with van der Waals surface area (Å²) in [5.41, 5.74) is 5.51. The van der Waals surface area contributed by atoms with E-state index in [9.17, 15) is 5.11 Å². The summed E-state index contributed by atoms with van der Waals surface area (Å²) in [6.45, 7) is 2.24. The van der Waals surface area contributed by atoms with E-state index in [1.54, 1.807) is 7.11 Å². The van der Waals surface area contributed by atoms with Crippen molar-refractivity contribution >= 4 is 0 Å². The zero-order valence-corrected chi connectivity index (χ0v) is 8.16. The monoisotopic (exact) mass is 189 g/mol. The third-order valence-electron chi connectivity index (χ3n) is 2.93. The van der Waals surface area contributed by atoms with E-state index < -0.39 is 6.10 Å². The van der Waals surface area contributed by atoms with Crippen LogP contribution in [0, 0.1) is 5.41 Å². The van der Waals surface area contributed by atoms with Gasteiger partial charge in [0.25, 0.3) is 0 Å². The lowest BCUT2D eigenvalue weighted by Crippen LogP contribution is -2.47. The lowest BCUT2D eigenvalue weighted by Gasteiger charge is -2.39. The van der Waals surface area contributed by atoms with Crippen molar-refractivity contribution in [2.75, 3.05) is 33.5 Å². The summed E-state index contributed by atoms with van der Waals surface area (Å²) in [7, 11) is 1.59. The van der Waals surface area contributed by atoms with Crippen LogP contribution in [0.15, 0.2) is 0 Å². The molecule has 0 aliphatic carbocycles. The Morgan fingerprint density at radius 3 is 2.62 bits per heavy atom. The summed E-state index contributed by atoms with van der Waals surface area (Å²) in [4.78, 5) is 0. The van der Waals surface area contributed by atoms with Crippen molar-refractivity contribution in [2.24, 2.45) is 11.1 Å². The first-order valence-electron chi connectivity index (χ1n) is 4.70. The van der Waals surface area contributed by atoms with Crippen LogP contribution in [0.5, 0.6) is 0 Å². The molecule has 0 aromatic carbocycles. The molecule has 1 atom stereocenters. The number of aliphatic hydroxyl groups is 1. The van der Waals surface area contributed by atoms with Crippen LogP contribution in [0.1, 0.15) is 12.8 Å². The lowest BCUT2D eigenvalue weighted by molar-refractivity contribution is -0.0812. The first-order chi connectivity index (χ1) is 6.25. The molecule has 78 valence electrons. The van der Waals surface area contributed by atoms with Crippen molar-refractivity contribution in [1.82, 2.24) is 0 Å². The van der Waals surface area contributed by atoms with Gasteiger partial charge in [0.2, 0.25) is 0 Å². The second-order valence-electron chi connectivity index (χ2n) is 3.65. The Balaban J connectivity index is 2.55. The molecule has 4 nitrogen and oxygen atoms in total. The van der Waals surface area contributed by atoms with Gasteiger partial charge in [0.15, 0.2) is 0 Å². The molecule has 1 aliphatic rings. The van der Waals surface area contributed by atoms with E-state index in [1.165, 1.54) is 0 Å². The zero-order chi connectivity index (χ0) is 9.73. The smallest absolute Gasteiger partial charge is 0.0843 e. The minimum atomic E-state index is -0.466. The zero-order valence-electron chi connectivity index (χ0n) is 8.16. The lowest BCUT2D eigenvalue weighted by atomic mass is 9.75. The topological polar surface area (TPSA) is 64.7 Å². The highest BCUT2D eigenvalue weighted by Gasteiger charge is 2.38. The Kier molecular flexibility index (Phi) is 4.12. The number of aliphatic hydroxyl groups excluding tert-OH is 1. The Morgan fingerprint density at radius 1 is 1.54 bits per heavy atom. The van der Waals surface area contributed by atoms with Gasteiger partial charge in [-0.2, -0.15) is 0 Å². The van der Waals surface area contributed by atoms with E-state index in [0.29, 0.717) is 26.4 Å². The van der Waals surface area contributed by atoms with E-state index in [0.717, 1.165) is 12.8 Å². The van der Waals surface area contributed by atoms with E-state index in [-0.39, 0.29) is 5.41 Å². The largest absolute Gasteiger partial charge is 0.390 e. The van der Waals surface area contributed by atoms with Crippen molar-refractivity contribution in [3.8, 4) is 0 Å². The molecule has 0 saturated carbocycles. The fraction of sp³-hybridized carbons (Fsp3) is 1.00. The minimum absolute atomic E-state index is 0.186. The summed E-state index contributed by atoms with van der Waals surface area (Å²) in [5.74, 6) is 0.